The maximum Gasteiger partial charge on any atom is 0.173 e. The third-order valence-electron chi connectivity index (χ3n) is 3.79. The fourth-order valence-corrected chi connectivity index (χ4v) is 3.35. The molecular weight excluding hydrogens is 320 g/mol. The molecule has 5 nitrogen and oxygen atoms in total. The van der Waals surface area contributed by atoms with Crippen molar-refractivity contribution in [3.05, 3.63) is 28.2 Å². The number of amidine groups is 1. The molecule has 0 radical (unpaired) electrons. The minimum absolute atomic E-state index is 0.128. The fraction of sp³-hybridized carbons (Fsp3) is 0.500. The number of nitrogens with zero attached hydrogens (tertiary/aromatic N) is 3. The number of likely N-dealkylation sites (tertiary alicyclic amines) is 1. The van der Waals surface area contributed by atoms with Gasteiger partial charge in [0, 0.05) is 30.3 Å². The molecule has 1 aromatic rings. The highest BCUT2D eigenvalue weighted by atomic mass is 79.9. The van der Waals surface area contributed by atoms with Crippen LogP contribution in [0.4, 0.5) is 5.69 Å². The number of halogens is 1. The van der Waals surface area contributed by atoms with Gasteiger partial charge in [0.15, 0.2) is 5.84 Å². The first-order valence-corrected chi connectivity index (χ1v) is 7.48. The average molecular weight is 341 g/mol. The summed E-state index contributed by atoms with van der Waals surface area (Å²) in [6.45, 7) is 3.24. The first kappa shape index (κ1) is 15.1. The molecule has 1 saturated heterocycles. The molecular formula is C14H21BrN4O. The Labute approximate surface area is 128 Å². The van der Waals surface area contributed by atoms with Crippen molar-refractivity contribution in [3.8, 4) is 0 Å². The summed E-state index contributed by atoms with van der Waals surface area (Å²) in [6, 6.07) is 5.86. The number of oxime groups is 1. The molecule has 3 N–H and O–H groups in total. The number of hydrogen-bond donors (Lipinski definition) is 2. The van der Waals surface area contributed by atoms with Crippen molar-refractivity contribution in [1.82, 2.24) is 4.90 Å². The standard InChI is InChI=1S/C14H21BrN4O/c1-18-7-6-10(8-18)9-19(2)12-5-3-4-11(15)13(12)14(16)17-20/h3-5,10,20H,6-9H2,1-2H3,(H2,16,17). The van der Waals surface area contributed by atoms with Crippen molar-refractivity contribution in [3.63, 3.8) is 0 Å². The van der Waals surface area contributed by atoms with E-state index in [-0.39, 0.29) is 5.84 Å². The van der Waals surface area contributed by atoms with Crippen LogP contribution in [0.5, 0.6) is 0 Å². The van der Waals surface area contributed by atoms with E-state index in [9.17, 15) is 0 Å². The zero-order valence-corrected chi connectivity index (χ0v) is 13.5. The molecule has 20 heavy (non-hydrogen) atoms. The maximum atomic E-state index is 8.95. The van der Waals surface area contributed by atoms with Gasteiger partial charge in [-0.2, -0.15) is 0 Å². The minimum Gasteiger partial charge on any atom is -0.409 e. The zero-order valence-electron chi connectivity index (χ0n) is 11.9. The second-order valence-corrected chi connectivity index (χ2v) is 6.27. The Balaban J connectivity index is 2.21. The summed E-state index contributed by atoms with van der Waals surface area (Å²) in [7, 11) is 4.20. The van der Waals surface area contributed by atoms with Crippen LogP contribution in [-0.2, 0) is 0 Å². The Kier molecular flexibility index (Phi) is 4.88. The highest BCUT2D eigenvalue weighted by molar-refractivity contribution is 9.10. The third-order valence-corrected chi connectivity index (χ3v) is 4.45. The second-order valence-electron chi connectivity index (χ2n) is 5.42. The quantitative estimate of drug-likeness (QED) is 0.380. The summed E-state index contributed by atoms with van der Waals surface area (Å²) in [4.78, 5) is 4.53. The van der Waals surface area contributed by atoms with E-state index in [1.54, 1.807) is 0 Å². The molecule has 1 fully saturated rings. The first-order valence-electron chi connectivity index (χ1n) is 6.69. The van der Waals surface area contributed by atoms with Crippen LogP contribution in [0.15, 0.2) is 27.8 Å². The Morgan fingerprint density at radius 1 is 1.60 bits per heavy atom. The molecule has 2 rings (SSSR count). The summed E-state index contributed by atoms with van der Waals surface area (Å²) in [5, 5.41) is 12.1. The summed E-state index contributed by atoms with van der Waals surface area (Å²) in [5.41, 5.74) is 7.51. The predicted molar refractivity (Wildman–Crippen MR) is 85.5 cm³/mol. The highest BCUT2D eigenvalue weighted by Gasteiger charge is 2.22. The van der Waals surface area contributed by atoms with Gasteiger partial charge in [-0.25, -0.2) is 0 Å². The molecule has 0 spiro atoms. The number of hydrogen-bond acceptors (Lipinski definition) is 4. The molecule has 0 amide bonds. The zero-order chi connectivity index (χ0) is 14.7. The van der Waals surface area contributed by atoms with Gasteiger partial charge in [-0.3, -0.25) is 0 Å². The van der Waals surface area contributed by atoms with E-state index < -0.39 is 0 Å². The number of anilines is 1. The van der Waals surface area contributed by atoms with Gasteiger partial charge in [0.2, 0.25) is 0 Å². The van der Waals surface area contributed by atoms with Gasteiger partial charge in [-0.1, -0.05) is 11.2 Å². The van der Waals surface area contributed by atoms with Gasteiger partial charge in [-0.15, -0.1) is 0 Å². The molecule has 1 unspecified atom stereocenters. The maximum absolute atomic E-state index is 8.95. The van der Waals surface area contributed by atoms with Crippen LogP contribution in [0.3, 0.4) is 0 Å². The fourth-order valence-electron chi connectivity index (χ4n) is 2.80. The summed E-state index contributed by atoms with van der Waals surface area (Å²) in [6.07, 6.45) is 1.22. The Morgan fingerprint density at radius 3 is 2.95 bits per heavy atom. The van der Waals surface area contributed by atoms with Gasteiger partial charge < -0.3 is 20.7 Å². The summed E-state index contributed by atoms with van der Waals surface area (Å²) >= 11 is 3.47. The second kappa shape index (κ2) is 6.45. The lowest BCUT2D eigenvalue weighted by molar-refractivity contribution is 0.318. The van der Waals surface area contributed by atoms with Crippen molar-refractivity contribution in [2.75, 3.05) is 38.6 Å². The van der Waals surface area contributed by atoms with Crippen LogP contribution in [0.2, 0.25) is 0 Å². The lowest BCUT2D eigenvalue weighted by Gasteiger charge is -2.25. The Hall–Kier alpha value is -1.27. The van der Waals surface area contributed by atoms with Crippen LogP contribution in [0, 0.1) is 5.92 Å². The average Bonchev–Trinajstić information content (AvgIpc) is 2.83. The van der Waals surface area contributed by atoms with Crippen LogP contribution in [0.25, 0.3) is 0 Å². The van der Waals surface area contributed by atoms with Crippen molar-refractivity contribution < 1.29 is 5.21 Å². The van der Waals surface area contributed by atoms with E-state index in [1.165, 1.54) is 6.42 Å². The highest BCUT2D eigenvalue weighted by Crippen LogP contribution is 2.28. The predicted octanol–water partition coefficient (Wildman–Crippen LogP) is 1.93. The third kappa shape index (κ3) is 3.24. The van der Waals surface area contributed by atoms with Gasteiger partial charge in [-0.05, 0) is 54.0 Å². The van der Waals surface area contributed by atoms with Crippen LogP contribution in [-0.4, -0.2) is 49.7 Å². The molecule has 0 aliphatic carbocycles. The molecule has 6 heteroatoms. The van der Waals surface area contributed by atoms with Gasteiger partial charge in [0.05, 0.1) is 5.56 Å². The molecule has 0 saturated carbocycles. The normalized spacial score (nSPS) is 20.4. The molecule has 1 aliphatic rings. The van der Waals surface area contributed by atoms with Crippen LogP contribution in [0.1, 0.15) is 12.0 Å². The van der Waals surface area contributed by atoms with Gasteiger partial charge in [0.25, 0.3) is 0 Å². The minimum atomic E-state index is 0.128. The van der Waals surface area contributed by atoms with Crippen molar-refractivity contribution >= 4 is 27.5 Å². The number of nitrogens with two attached hydrogens (primary N) is 1. The Morgan fingerprint density at radius 2 is 2.35 bits per heavy atom. The SMILES string of the molecule is CN1CCC(CN(C)c2cccc(Br)c2/C(N)=N/O)C1. The molecule has 0 bridgehead atoms. The van der Waals surface area contributed by atoms with Gasteiger partial charge >= 0.3 is 0 Å². The molecule has 1 atom stereocenters. The van der Waals surface area contributed by atoms with E-state index >= 15 is 0 Å². The first-order chi connectivity index (χ1) is 9.52. The smallest absolute Gasteiger partial charge is 0.173 e. The molecule has 1 heterocycles. The van der Waals surface area contributed by atoms with Crippen LogP contribution >= 0.6 is 15.9 Å². The van der Waals surface area contributed by atoms with E-state index in [4.69, 9.17) is 10.9 Å². The largest absolute Gasteiger partial charge is 0.409 e. The van der Waals surface area contributed by atoms with Gasteiger partial charge in [0.1, 0.15) is 0 Å². The molecule has 1 aliphatic heterocycles. The van der Waals surface area contributed by atoms with E-state index in [0.29, 0.717) is 5.92 Å². The van der Waals surface area contributed by atoms with E-state index in [2.05, 4.69) is 37.9 Å². The lowest BCUT2D eigenvalue weighted by atomic mass is 10.1. The van der Waals surface area contributed by atoms with Crippen LogP contribution < -0.4 is 10.6 Å². The van der Waals surface area contributed by atoms with Crippen molar-refractivity contribution in [2.24, 2.45) is 16.8 Å². The number of benzene rings is 1. The monoisotopic (exact) mass is 340 g/mol. The summed E-state index contributed by atoms with van der Waals surface area (Å²) < 4.78 is 0.834. The Bertz CT molecular complexity index is 506. The van der Waals surface area contributed by atoms with Crippen molar-refractivity contribution in [2.45, 2.75) is 6.42 Å². The molecule has 0 aromatic heterocycles. The van der Waals surface area contributed by atoms with Crippen molar-refractivity contribution in [1.29, 1.82) is 0 Å². The van der Waals surface area contributed by atoms with E-state index in [0.717, 1.165) is 35.4 Å². The molecule has 110 valence electrons. The summed E-state index contributed by atoms with van der Waals surface area (Å²) in [5.74, 6) is 0.784. The lowest BCUT2D eigenvalue weighted by Crippen LogP contribution is -2.29. The van der Waals surface area contributed by atoms with E-state index in [1.807, 2.05) is 25.2 Å². The molecule has 1 aromatic carbocycles. The topological polar surface area (TPSA) is 65.1 Å². The number of rotatable bonds is 4.